The maximum atomic E-state index is 14.9. The number of halogens is 12. The van der Waals surface area contributed by atoms with Crippen molar-refractivity contribution in [1.29, 1.82) is 0 Å². The van der Waals surface area contributed by atoms with Gasteiger partial charge in [-0.25, -0.2) is 0 Å². The van der Waals surface area contributed by atoms with Crippen molar-refractivity contribution in [3.05, 3.63) is 34.4 Å². The van der Waals surface area contributed by atoms with Crippen molar-refractivity contribution in [1.82, 2.24) is 0 Å². The smallest absolute Gasteiger partial charge is 0.373 e. The zero-order valence-electron chi connectivity index (χ0n) is 21.1. The van der Waals surface area contributed by atoms with E-state index in [1.54, 1.807) is 0 Å². The molecule has 4 unspecified atom stereocenters. The van der Waals surface area contributed by atoms with Crippen molar-refractivity contribution in [2.75, 3.05) is 39.6 Å². The molecule has 6 nitrogen and oxygen atoms in total. The van der Waals surface area contributed by atoms with Crippen LogP contribution in [0, 0.1) is 0 Å². The molecule has 4 saturated heterocycles. The molecule has 18 heteroatoms. The summed E-state index contributed by atoms with van der Waals surface area (Å²) in [6.45, 7) is -3.71. The van der Waals surface area contributed by atoms with Gasteiger partial charge in [0, 0.05) is 24.0 Å². The average molecular weight is 634 g/mol. The maximum Gasteiger partial charge on any atom is 0.430 e. The lowest BCUT2D eigenvalue weighted by Gasteiger charge is -2.44. The Morgan fingerprint density at radius 1 is 0.548 bits per heavy atom. The Hall–Kier alpha value is -1.86. The summed E-state index contributed by atoms with van der Waals surface area (Å²) in [5.74, 6) is 0. The van der Waals surface area contributed by atoms with Gasteiger partial charge in [-0.2, -0.15) is 52.7 Å². The Morgan fingerprint density at radius 2 is 0.929 bits per heavy atom. The molecular formula is C24H22F12O6. The van der Waals surface area contributed by atoms with E-state index < -0.39 is 103 Å². The fourth-order valence-electron chi connectivity index (χ4n) is 4.81. The summed E-state index contributed by atoms with van der Waals surface area (Å²) < 4.78 is 205. The van der Waals surface area contributed by atoms with Gasteiger partial charge in [-0.15, -0.1) is 0 Å². The van der Waals surface area contributed by atoms with E-state index in [0.29, 0.717) is 6.07 Å². The fraction of sp³-hybridized carbons (Fsp3) is 0.750. The third-order valence-electron chi connectivity index (χ3n) is 7.20. The molecular weight excluding hydrogens is 612 g/mol. The molecule has 0 N–H and O–H groups in total. The van der Waals surface area contributed by atoms with Gasteiger partial charge in [0.05, 0.1) is 51.8 Å². The molecule has 0 bridgehead atoms. The van der Waals surface area contributed by atoms with E-state index in [4.69, 9.17) is 9.47 Å². The summed E-state index contributed by atoms with van der Waals surface area (Å²) in [6.07, 6.45) is -32.1. The highest BCUT2D eigenvalue weighted by atomic mass is 19.4. The molecule has 4 aliphatic heterocycles. The number of hydrogen-bond acceptors (Lipinski definition) is 6. The van der Waals surface area contributed by atoms with Crippen LogP contribution in [-0.2, 0) is 52.5 Å². The number of benzene rings is 1. The van der Waals surface area contributed by atoms with Gasteiger partial charge < -0.3 is 28.4 Å². The average Bonchev–Trinajstić information content (AvgIpc) is 3.63. The Balaban J connectivity index is 1.88. The second kappa shape index (κ2) is 10.4. The zero-order chi connectivity index (χ0) is 30.9. The lowest BCUT2D eigenvalue weighted by molar-refractivity contribution is -0.401. The van der Waals surface area contributed by atoms with Crippen molar-refractivity contribution < 1.29 is 81.1 Å². The van der Waals surface area contributed by atoms with Crippen LogP contribution in [0.25, 0.3) is 0 Å². The van der Waals surface area contributed by atoms with Crippen LogP contribution < -0.4 is 0 Å². The van der Waals surface area contributed by atoms with E-state index in [1.165, 1.54) is 0 Å². The molecule has 5 rings (SSSR count). The van der Waals surface area contributed by atoms with Crippen LogP contribution in [0.5, 0.6) is 0 Å². The lowest BCUT2D eigenvalue weighted by atomic mass is 9.74. The summed E-state index contributed by atoms with van der Waals surface area (Å²) in [6, 6.07) is 0.575. The van der Waals surface area contributed by atoms with E-state index in [1.807, 2.05) is 0 Å². The minimum absolute atomic E-state index is 0.0230. The van der Waals surface area contributed by atoms with Crippen molar-refractivity contribution in [2.45, 2.75) is 73.2 Å². The van der Waals surface area contributed by atoms with Crippen LogP contribution in [0.2, 0.25) is 0 Å². The molecule has 0 radical (unpaired) electrons. The maximum absolute atomic E-state index is 14.9. The van der Waals surface area contributed by atoms with Crippen molar-refractivity contribution >= 4 is 0 Å². The van der Waals surface area contributed by atoms with Gasteiger partial charge in [-0.3, -0.25) is 0 Å². The first-order chi connectivity index (χ1) is 19.3. The molecule has 0 amide bonds. The van der Waals surface area contributed by atoms with E-state index in [0.717, 1.165) is 0 Å². The molecule has 0 saturated carbocycles. The van der Waals surface area contributed by atoms with Gasteiger partial charge in [0.15, 0.2) is 0 Å². The van der Waals surface area contributed by atoms with Gasteiger partial charge in [-0.05, 0) is 11.1 Å². The summed E-state index contributed by atoms with van der Waals surface area (Å²) in [4.78, 5) is 0. The van der Waals surface area contributed by atoms with Crippen LogP contribution in [0.15, 0.2) is 12.1 Å². The van der Waals surface area contributed by atoms with Gasteiger partial charge in [-0.1, -0.05) is 12.1 Å². The van der Waals surface area contributed by atoms with Crippen LogP contribution in [0.4, 0.5) is 52.7 Å². The van der Waals surface area contributed by atoms with Crippen molar-refractivity contribution in [3.63, 3.8) is 0 Å². The fourth-order valence-corrected chi connectivity index (χ4v) is 4.81. The monoisotopic (exact) mass is 634 g/mol. The molecule has 42 heavy (non-hydrogen) atoms. The largest absolute Gasteiger partial charge is 0.430 e. The van der Waals surface area contributed by atoms with E-state index in [-0.39, 0.29) is 38.1 Å². The Morgan fingerprint density at radius 3 is 1.31 bits per heavy atom. The molecule has 238 valence electrons. The first kappa shape index (κ1) is 31.6. The number of alkyl halides is 12. The van der Waals surface area contributed by atoms with Gasteiger partial charge >= 0.3 is 24.7 Å². The topological polar surface area (TPSA) is 68.6 Å². The number of ether oxygens (including phenoxy) is 6. The minimum Gasteiger partial charge on any atom is -0.373 e. The van der Waals surface area contributed by atoms with E-state index in [9.17, 15) is 52.7 Å². The van der Waals surface area contributed by atoms with E-state index >= 15 is 0 Å². The van der Waals surface area contributed by atoms with Crippen molar-refractivity contribution in [3.8, 4) is 0 Å². The minimum atomic E-state index is -6.62. The second-order valence-electron chi connectivity index (χ2n) is 10.3. The highest BCUT2D eigenvalue weighted by Crippen LogP contribution is 2.61. The standard InChI is InChI=1S/C24H22F12O6/c25-21(26,27)19(22(28,29)30,41-9-14-7-39-14)17-2-1-11(3-12-5-37-12)16(4-13-6-38-13)18(17)20(23(31,32)33,24(34,35)36)42-10-15-8-40-15/h1-2,12-15H,3-10H2. The second-order valence-corrected chi connectivity index (χ2v) is 10.3. The number of epoxide rings is 4. The summed E-state index contributed by atoms with van der Waals surface area (Å²) in [5, 5.41) is 0. The number of hydrogen-bond donors (Lipinski definition) is 0. The van der Waals surface area contributed by atoms with Crippen LogP contribution >= 0.6 is 0 Å². The summed E-state index contributed by atoms with van der Waals surface area (Å²) in [7, 11) is 0. The van der Waals surface area contributed by atoms with Gasteiger partial charge in [0.2, 0.25) is 0 Å². The first-order valence-electron chi connectivity index (χ1n) is 12.5. The van der Waals surface area contributed by atoms with Gasteiger partial charge in [0.1, 0.15) is 12.2 Å². The zero-order valence-corrected chi connectivity index (χ0v) is 21.1. The van der Waals surface area contributed by atoms with E-state index in [2.05, 4.69) is 18.9 Å². The molecule has 4 aliphatic rings. The molecule has 4 fully saturated rings. The summed E-state index contributed by atoms with van der Waals surface area (Å²) >= 11 is 0. The Labute approximate surface area is 229 Å². The van der Waals surface area contributed by atoms with Gasteiger partial charge in [0.25, 0.3) is 11.2 Å². The third kappa shape index (κ3) is 5.81. The summed E-state index contributed by atoms with van der Waals surface area (Å²) in [5.41, 5.74) is -17.6. The van der Waals surface area contributed by atoms with Crippen LogP contribution in [-0.4, -0.2) is 88.8 Å². The molecule has 1 aromatic rings. The highest BCUT2D eigenvalue weighted by molar-refractivity contribution is 5.51. The highest BCUT2D eigenvalue weighted by Gasteiger charge is 2.80. The first-order valence-corrected chi connectivity index (χ1v) is 12.5. The molecule has 0 aliphatic carbocycles. The third-order valence-corrected chi connectivity index (χ3v) is 7.20. The lowest BCUT2D eigenvalue weighted by Crippen LogP contribution is -2.62. The predicted molar refractivity (Wildman–Crippen MR) is 112 cm³/mol. The molecule has 1 aromatic carbocycles. The number of rotatable bonds is 12. The normalized spacial score (nSPS) is 26.4. The molecule has 0 spiro atoms. The quantitative estimate of drug-likeness (QED) is 0.237. The molecule has 4 heterocycles. The molecule has 4 atom stereocenters. The van der Waals surface area contributed by atoms with Crippen LogP contribution in [0.1, 0.15) is 22.3 Å². The SMILES string of the molecule is FC(F)(F)C(OCC1CO1)(c1ccc(CC2CO2)c(CC2CO2)c1C(OCC1CO1)(C(F)(F)F)C(F)(F)F)C(F)(F)F. The van der Waals surface area contributed by atoms with Crippen molar-refractivity contribution in [2.24, 2.45) is 0 Å². The Bertz CT molecular complexity index is 1120. The predicted octanol–water partition coefficient (Wildman–Crippen LogP) is 5.04. The Kier molecular flexibility index (Phi) is 7.78. The molecule has 0 aromatic heterocycles. The van der Waals surface area contributed by atoms with Crippen LogP contribution in [0.3, 0.4) is 0 Å².